The van der Waals surface area contributed by atoms with Gasteiger partial charge in [0.15, 0.2) is 0 Å². The molecule has 0 spiro atoms. The standard InChI is InChI=1S/C8H6F10O2/c1-19-8(20-2)6(15,16)4(11,12)3(9,10)5(13,14)7(8,17)18/h1-2H3. The van der Waals surface area contributed by atoms with E-state index in [1.165, 1.54) is 0 Å². The van der Waals surface area contributed by atoms with Crippen LogP contribution in [-0.2, 0) is 9.47 Å². The molecule has 0 unspecified atom stereocenters. The zero-order valence-electron chi connectivity index (χ0n) is 9.60. The average molecular weight is 324 g/mol. The van der Waals surface area contributed by atoms with Gasteiger partial charge < -0.3 is 9.47 Å². The number of hydrogen-bond acceptors (Lipinski definition) is 2. The summed E-state index contributed by atoms with van der Waals surface area (Å²) in [7, 11) is -0.165. The fourth-order valence-electron chi connectivity index (χ4n) is 1.80. The van der Waals surface area contributed by atoms with Crippen LogP contribution in [0.2, 0.25) is 0 Å². The Hall–Kier alpha value is -0.780. The molecule has 0 radical (unpaired) electrons. The smallest absolute Gasteiger partial charge is 0.343 e. The Kier molecular flexibility index (Phi) is 3.37. The van der Waals surface area contributed by atoms with E-state index in [1.807, 2.05) is 0 Å². The molecule has 1 rings (SSSR count). The van der Waals surface area contributed by atoms with Crippen LogP contribution in [0.3, 0.4) is 0 Å². The molecule has 0 aromatic carbocycles. The predicted octanol–water partition coefficient (Wildman–Crippen LogP) is 3.17. The summed E-state index contributed by atoms with van der Waals surface area (Å²) in [5.41, 5.74) is 0. The Morgan fingerprint density at radius 3 is 0.850 bits per heavy atom. The van der Waals surface area contributed by atoms with Crippen molar-refractivity contribution in [2.75, 3.05) is 14.2 Å². The SMILES string of the molecule is COC1(OC)C(F)(F)C(F)(F)C(F)(F)C(F)(F)C1(F)F. The highest BCUT2D eigenvalue weighted by Crippen LogP contribution is 2.69. The van der Waals surface area contributed by atoms with Gasteiger partial charge in [0.1, 0.15) is 0 Å². The highest BCUT2D eigenvalue weighted by atomic mass is 19.4. The average Bonchev–Trinajstić information content (AvgIpc) is 2.28. The molecule has 0 atom stereocenters. The third-order valence-corrected chi connectivity index (χ3v) is 2.98. The van der Waals surface area contributed by atoms with Gasteiger partial charge in [-0.2, -0.15) is 43.9 Å². The minimum absolute atomic E-state index is 0.0824. The molecule has 0 aromatic heterocycles. The van der Waals surface area contributed by atoms with Gasteiger partial charge in [0, 0.05) is 14.2 Å². The van der Waals surface area contributed by atoms with Gasteiger partial charge in [-0.05, 0) is 0 Å². The summed E-state index contributed by atoms with van der Waals surface area (Å²) in [6.07, 6.45) is 0. The highest BCUT2D eigenvalue weighted by Gasteiger charge is 3.01. The van der Waals surface area contributed by atoms with Crippen molar-refractivity contribution in [3.8, 4) is 0 Å². The van der Waals surface area contributed by atoms with Gasteiger partial charge in [-0.3, -0.25) is 0 Å². The van der Waals surface area contributed by atoms with E-state index in [0.717, 1.165) is 0 Å². The number of alkyl halides is 10. The van der Waals surface area contributed by atoms with Gasteiger partial charge >= 0.3 is 35.4 Å². The van der Waals surface area contributed by atoms with E-state index in [9.17, 15) is 43.9 Å². The molecule has 1 aliphatic carbocycles. The third-order valence-electron chi connectivity index (χ3n) is 2.98. The summed E-state index contributed by atoms with van der Waals surface area (Å²) < 4.78 is 138. The second kappa shape index (κ2) is 3.90. The third kappa shape index (κ3) is 1.29. The summed E-state index contributed by atoms with van der Waals surface area (Å²) in [4.78, 5) is 0. The van der Waals surface area contributed by atoms with Gasteiger partial charge in [0.05, 0.1) is 0 Å². The molecule has 12 heteroatoms. The summed E-state index contributed by atoms with van der Waals surface area (Å²) in [6, 6.07) is 0. The molecule has 0 aromatic rings. The van der Waals surface area contributed by atoms with E-state index in [2.05, 4.69) is 9.47 Å². The Morgan fingerprint density at radius 2 is 0.650 bits per heavy atom. The number of hydrogen-bond donors (Lipinski definition) is 0. The lowest BCUT2D eigenvalue weighted by Gasteiger charge is -2.53. The molecule has 120 valence electrons. The zero-order valence-corrected chi connectivity index (χ0v) is 9.60. The largest absolute Gasteiger partial charge is 0.384 e. The van der Waals surface area contributed by atoms with Crippen molar-refractivity contribution >= 4 is 0 Å². The van der Waals surface area contributed by atoms with Crippen molar-refractivity contribution in [2.24, 2.45) is 0 Å². The quantitative estimate of drug-likeness (QED) is 0.574. The lowest BCUT2D eigenvalue weighted by molar-refractivity contribution is -0.539. The van der Waals surface area contributed by atoms with Crippen molar-refractivity contribution in [1.29, 1.82) is 0 Å². The van der Waals surface area contributed by atoms with Crippen LogP contribution in [0.4, 0.5) is 43.9 Å². The number of rotatable bonds is 2. The molecule has 0 heterocycles. The topological polar surface area (TPSA) is 18.5 Å². The monoisotopic (exact) mass is 324 g/mol. The first-order chi connectivity index (χ1) is 8.62. The Balaban J connectivity index is 3.82. The molecule has 1 fully saturated rings. The normalized spacial score (nSPS) is 31.8. The molecule has 1 aliphatic rings. The van der Waals surface area contributed by atoms with Gasteiger partial charge in [-0.25, -0.2) is 0 Å². The lowest BCUT2D eigenvalue weighted by Crippen LogP contribution is -2.85. The van der Waals surface area contributed by atoms with Crippen molar-refractivity contribution in [2.45, 2.75) is 35.4 Å². The molecule has 0 N–H and O–H groups in total. The number of ether oxygens (including phenoxy) is 2. The van der Waals surface area contributed by atoms with Crippen molar-refractivity contribution in [3.63, 3.8) is 0 Å². The van der Waals surface area contributed by atoms with E-state index in [1.54, 1.807) is 0 Å². The fraction of sp³-hybridized carbons (Fsp3) is 1.00. The number of methoxy groups -OCH3 is 2. The second-order valence-corrected chi connectivity index (χ2v) is 3.90. The maximum atomic E-state index is 13.3. The molecule has 0 bridgehead atoms. The molecule has 2 nitrogen and oxygen atoms in total. The Morgan fingerprint density at radius 1 is 0.450 bits per heavy atom. The second-order valence-electron chi connectivity index (χ2n) is 3.90. The summed E-state index contributed by atoms with van der Waals surface area (Å²) in [5, 5.41) is 0. The van der Waals surface area contributed by atoms with E-state index < -0.39 is 35.4 Å². The van der Waals surface area contributed by atoms with E-state index in [0.29, 0.717) is 0 Å². The van der Waals surface area contributed by atoms with E-state index >= 15 is 0 Å². The van der Waals surface area contributed by atoms with Crippen LogP contribution in [0.5, 0.6) is 0 Å². The first-order valence-corrected chi connectivity index (χ1v) is 4.61. The predicted molar refractivity (Wildman–Crippen MR) is 41.5 cm³/mol. The van der Waals surface area contributed by atoms with E-state index in [-0.39, 0.29) is 14.2 Å². The number of halogens is 10. The maximum absolute atomic E-state index is 13.3. The van der Waals surface area contributed by atoms with Gasteiger partial charge in [-0.1, -0.05) is 0 Å². The lowest BCUT2D eigenvalue weighted by atomic mass is 9.77. The first-order valence-electron chi connectivity index (χ1n) is 4.61. The minimum Gasteiger partial charge on any atom is -0.343 e. The molecule has 0 amide bonds. The van der Waals surface area contributed by atoms with Crippen molar-refractivity contribution in [3.05, 3.63) is 0 Å². The minimum atomic E-state index is -7.03. The van der Waals surface area contributed by atoms with Crippen LogP contribution in [0, 0.1) is 0 Å². The molecule has 0 saturated heterocycles. The van der Waals surface area contributed by atoms with Crippen LogP contribution < -0.4 is 0 Å². The maximum Gasteiger partial charge on any atom is 0.384 e. The van der Waals surface area contributed by atoms with Crippen molar-refractivity contribution < 1.29 is 53.4 Å². The molecule has 1 saturated carbocycles. The van der Waals surface area contributed by atoms with Gasteiger partial charge in [0.25, 0.3) is 0 Å². The van der Waals surface area contributed by atoms with Crippen LogP contribution in [-0.4, -0.2) is 49.6 Å². The molecular weight excluding hydrogens is 318 g/mol. The van der Waals surface area contributed by atoms with Gasteiger partial charge in [-0.15, -0.1) is 0 Å². The van der Waals surface area contributed by atoms with Crippen LogP contribution in [0.25, 0.3) is 0 Å². The first kappa shape index (κ1) is 17.3. The summed E-state index contributed by atoms with van der Waals surface area (Å²) in [5.74, 6) is -38.9. The molecule has 0 aliphatic heterocycles. The van der Waals surface area contributed by atoms with Crippen molar-refractivity contribution in [1.82, 2.24) is 0 Å². The molecular formula is C8H6F10O2. The zero-order chi connectivity index (χ0) is 16.4. The van der Waals surface area contributed by atoms with E-state index in [4.69, 9.17) is 0 Å². The Bertz CT molecular complexity index is 368. The van der Waals surface area contributed by atoms with Crippen LogP contribution in [0.1, 0.15) is 0 Å². The van der Waals surface area contributed by atoms with Crippen LogP contribution in [0.15, 0.2) is 0 Å². The Labute approximate surface area is 104 Å². The van der Waals surface area contributed by atoms with Gasteiger partial charge in [0.2, 0.25) is 0 Å². The summed E-state index contributed by atoms with van der Waals surface area (Å²) >= 11 is 0. The fourth-order valence-corrected chi connectivity index (χ4v) is 1.80. The summed E-state index contributed by atoms with van der Waals surface area (Å²) in [6.45, 7) is 0. The molecule has 20 heavy (non-hydrogen) atoms. The highest BCUT2D eigenvalue weighted by molar-refractivity contribution is 5.23. The van der Waals surface area contributed by atoms with Crippen LogP contribution >= 0.6 is 0 Å².